The molecule has 0 saturated carbocycles. The fourth-order valence-electron chi connectivity index (χ4n) is 1.58. The lowest BCUT2D eigenvalue weighted by molar-refractivity contribution is 0.0789. The van der Waals surface area contributed by atoms with Gasteiger partial charge in [-0.05, 0) is 17.7 Å². The monoisotopic (exact) mass is 341 g/mol. The molecule has 1 aromatic carbocycles. The maximum Gasteiger partial charge on any atom is 0.264 e. The number of nitrogens with zero attached hydrogens (tertiary/aromatic N) is 1. The van der Waals surface area contributed by atoms with Gasteiger partial charge in [-0.1, -0.05) is 34.1 Å². The Kier molecular flexibility index (Phi) is 4.48. The first-order chi connectivity index (χ1) is 8.58. The molecule has 0 N–H and O–H groups in total. The second-order valence-electron chi connectivity index (χ2n) is 3.92. The Morgan fingerprint density at radius 1 is 1.44 bits per heavy atom. The molecule has 0 aliphatic rings. The minimum Gasteiger partial charge on any atom is -0.337 e. The molecular formula is C13H12BrNOS2. The Bertz CT molecular complexity index is 568. The first-order valence-corrected chi connectivity index (χ1v) is 7.46. The average molecular weight is 342 g/mol. The summed E-state index contributed by atoms with van der Waals surface area (Å²) < 4.78 is 1.02. The van der Waals surface area contributed by atoms with Crippen molar-refractivity contribution in [2.24, 2.45) is 0 Å². The zero-order chi connectivity index (χ0) is 13.1. The third-order valence-corrected chi connectivity index (χ3v) is 4.63. The lowest BCUT2D eigenvalue weighted by Gasteiger charge is -2.17. The van der Waals surface area contributed by atoms with Crippen LogP contribution in [0, 0.1) is 0 Å². The molecule has 0 saturated heterocycles. The van der Waals surface area contributed by atoms with Crippen LogP contribution >= 0.6 is 39.9 Å². The molecule has 0 atom stereocenters. The SMILES string of the molecule is CN(Cc1ccccc1Br)C(=O)c1cc(S)cs1. The van der Waals surface area contributed by atoms with E-state index < -0.39 is 0 Å². The molecule has 2 nitrogen and oxygen atoms in total. The van der Waals surface area contributed by atoms with Crippen LogP contribution in [-0.4, -0.2) is 17.9 Å². The smallest absolute Gasteiger partial charge is 0.264 e. The average Bonchev–Trinajstić information content (AvgIpc) is 2.78. The van der Waals surface area contributed by atoms with Crippen LogP contribution in [0.2, 0.25) is 0 Å². The zero-order valence-corrected chi connectivity index (χ0v) is 13.1. The first kappa shape index (κ1) is 13.6. The summed E-state index contributed by atoms with van der Waals surface area (Å²) in [5, 5.41) is 1.86. The molecule has 0 spiro atoms. The maximum atomic E-state index is 12.2. The zero-order valence-electron chi connectivity index (χ0n) is 9.76. The van der Waals surface area contributed by atoms with Crippen molar-refractivity contribution in [2.45, 2.75) is 11.4 Å². The number of thiol groups is 1. The highest BCUT2D eigenvalue weighted by molar-refractivity contribution is 9.10. The van der Waals surface area contributed by atoms with Crippen LogP contribution in [0.4, 0.5) is 0 Å². The molecule has 18 heavy (non-hydrogen) atoms. The van der Waals surface area contributed by atoms with Gasteiger partial charge in [-0.25, -0.2) is 0 Å². The molecular weight excluding hydrogens is 330 g/mol. The lowest BCUT2D eigenvalue weighted by atomic mass is 10.2. The Hall–Kier alpha value is -0.780. The van der Waals surface area contributed by atoms with Crippen molar-refractivity contribution >= 4 is 45.8 Å². The summed E-state index contributed by atoms with van der Waals surface area (Å²) >= 11 is 9.12. The number of rotatable bonds is 3. The topological polar surface area (TPSA) is 20.3 Å². The third-order valence-electron chi connectivity index (χ3n) is 2.51. The van der Waals surface area contributed by atoms with Crippen LogP contribution in [-0.2, 0) is 6.54 Å². The highest BCUT2D eigenvalue weighted by Crippen LogP contribution is 2.21. The van der Waals surface area contributed by atoms with Crippen LogP contribution < -0.4 is 0 Å². The van der Waals surface area contributed by atoms with Crippen molar-refractivity contribution in [1.82, 2.24) is 4.90 Å². The van der Waals surface area contributed by atoms with E-state index in [1.807, 2.05) is 29.6 Å². The molecule has 0 aliphatic carbocycles. The van der Waals surface area contributed by atoms with E-state index in [9.17, 15) is 4.79 Å². The fourth-order valence-corrected chi connectivity index (χ4v) is 3.13. The number of halogens is 1. The number of thiophene rings is 1. The summed E-state index contributed by atoms with van der Waals surface area (Å²) in [6, 6.07) is 9.71. The van der Waals surface area contributed by atoms with E-state index >= 15 is 0 Å². The highest BCUT2D eigenvalue weighted by Gasteiger charge is 2.14. The van der Waals surface area contributed by atoms with E-state index in [-0.39, 0.29) is 5.91 Å². The second kappa shape index (κ2) is 5.91. The number of hydrogen-bond donors (Lipinski definition) is 1. The Balaban J connectivity index is 2.11. The van der Waals surface area contributed by atoms with E-state index in [2.05, 4.69) is 28.6 Å². The molecule has 0 fully saturated rings. The predicted octanol–water partition coefficient (Wildman–Crippen LogP) is 4.07. The number of carbonyl (C=O) groups is 1. The van der Waals surface area contributed by atoms with Crippen LogP contribution in [0.25, 0.3) is 0 Å². The second-order valence-corrected chi connectivity index (χ2v) is 6.20. The van der Waals surface area contributed by atoms with E-state index in [1.54, 1.807) is 18.0 Å². The molecule has 0 unspecified atom stereocenters. The summed E-state index contributed by atoms with van der Waals surface area (Å²) in [5.74, 6) is 0.0241. The summed E-state index contributed by atoms with van der Waals surface area (Å²) in [5.41, 5.74) is 1.09. The molecule has 1 heterocycles. The van der Waals surface area contributed by atoms with Gasteiger partial charge in [-0.15, -0.1) is 24.0 Å². The molecule has 0 bridgehead atoms. The Labute approximate surface area is 124 Å². The van der Waals surface area contributed by atoms with Crippen molar-refractivity contribution < 1.29 is 4.79 Å². The lowest BCUT2D eigenvalue weighted by Crippen LogP contribution is -2.25. The molecule has 2 rings (SSSR count). The summed E-state index contributed by atoms with van der Waals surface area (Å²) in [6.07, 6.45) is 0. The van der Waals surface area contributed by atoms with Gasteiger partial charge in [0.1, 0.15) is 0 Å². The molecule has 1 aromatic heterocycles. The summed E-state index contributed by atoms with van der Waals surface area (Å²) in [7, 11) is 1.81. The van der Waals surface area contributed by atoms with Gasteiger partial charge in [0.15, 0.2) is 0 Å². The molecule has 0 aliphatic heterocycles. The summed E-state index contributed by atoms with van der Waals surface area (Å²) in [4.78, 5) is 15.4. The van der Waals surface area contributed by atoms with Crippen molar-refractivity contribution in [1.29, 1.82) is 0 Å². The molecule has 5 heteroatoms. The first-order valence-electron chi connectivity index (χ1n) is 5.34. The van der Waals surface area contributed by atoms with Gasteiger partial charge in [-0.3, -0.25) is 4.79 Å². The minimum absolute atomic E-state index is 0.0241. The van der Waals surface area contributed by atoms with Crippen LogP contribution in [0.5, 0.6) is 0 Å². The van der Waals surface area contributed by atoms with Gasteiger partial charge in [0.25, 0.3) is 5.91 Å². The van der Waals surface area contributed by atoms with E-state index in [0.29, 0.717) is 6.54 Å². The number of carbonyl (C=O) groups excluding carboxylic acids is 1. The number of amides is 1. The minimum atomic E-state index is 0.0241. The quantitative estimate of drug-likeness (QED) is 0.834. The van der Waals surface area contributed by atoms with Gasteiger partial charge < -0.3 is 4.90 Å². The van der Waals surface area contributed by atoms with E-state index in [0.717, 1.165) is 19.8 Å². The van der Waals surface area contributed by atoms with Gasteiger partial charge >= 0.3 is 0 Å². The van der Waals surface area contributed by atoms with Crippen molar-refractivity contribution in [3.8, 4) is 0 Å². The maximum absolute atomic E-state index is 12.2. The fraction of sp³-hybridized carbons (Fsp3) is 0.154. The standard InChI is InChI=1S/C13H12BrNOS2/c1-15(7-9-4-2-3-5-11(9)14)13(16)12-6-10(17)8-18-12/h2-6,8,17H,7H2,1H3. The van der Waals surface area contributed by atoms with Crippen LogP contribution in [0.15, 0.2) is 45.1 Å². The largest absolute Gasteiger partial charge is 0.337 e. The van der Waals surface area contributed by atoms with Gasteiger partial charge in [0.05, 0.1) is 4.88 Å². The van der Waals surface area contributed by atoms with E-state index in [1.165, 1.54) is 11.3 Å². The predicted molar refractivity (Wildman–Crippen MR) is 81.5 cm³/mol. The van der Waals surface area contributed by atoms with Crippen LogP contribution in [0.3, 0.4) is 0 Å². The Morgan fingerprint density at radius 3 is 2.78 bits per heavy atom. The molecule has 1 amide bonds. The Morgan fingerprint density at radius 2 is 2.17 bits per heavy atom. The van der Waals surface area contributed by atoms with Crippen molar-refractivity contribution in [2.75, 3.05) is 7.05 Å². The normalized spacial score (nSPS) is 10.4. The number of hydrogen-bond acceptors (Lipinski definition) is 3. The summed E-state index contributed by atoms with van der Waals surface area (Å²) in [6.45, 7) is 0.583. The van der Waals surface area contributed by atoms with Gasteiger partial charge in [0.2, 0.25) is 0 Å². The van der Waals surface area contributed by atoms with E-state index in [4.69, 9.17) is 0 Å². The number of benzene rings is 1. The molecule has 2 aromatic rings. The van der Waals surface area contributed by atoms with Gasteiger partial charge in [-0.2, -0.15) is 0 Å². The highest BCUT2D eigenvalue weighted by atomic mass is 79.9. The van der Waals surface area contributed by atoms with Crippen LogP contribution in [0.1, 0.15) is 15.2 Å². The molecule has 0 radical (unpaired) electrons. The van der Waals surface area contributed by atoms with Gasteiger partial charge in [0, 0.05) is 28.3 Å². The van der Waals surface area contributed by atoms with Crippen molar-refractivity contribution in [3.05, 3.63) is 50.6 Å². The molecule has 94 valence electrons. The van der Waals surface area contributed by atoms with Crippen molar-refractivity contribution in [3.63, 3.8) is 0 Å². The third kappa shape index (κ3) is 3.16.